The van der Waals surface area contributed by atoms with Gasteiger partial charge in [-0.05, 0) is 72.5 Å². The van der Waals surface area contributed by atoms with Crippen LogP contribution in [-0.2, 0) is 27.8 Å². The Morgan fingerprint density at radius 2 is 1.63 bits per heavy atom. The van der Waals surface area contributed by atoms with E-state index >= 15 is 0 Å². The van der Waals surface area contributed by atoms with E-state index in [2.05, 4.69) is 5.32 Å². The van der Waals surface area contributed by atoms with Gasteiger partial charge in [-0.25, -0.2) is 12.7 Å². The Bertz CT molecular complexity index is 1410. The van der Waals surface area contributed by atoms with Crippen LogP contribution in [0.5, 0.6) is 5.75 Å². The number of rotatable bonds is 7. The molecule has 0 spiro atoms. The number of ether oxygens (including phenoxy) is 1. The maximum atomic E-state index is 13.3. The number of hydrogen-bond acceptors (Lipinski definition) is 5. The lowest BCUT2D eigenvalue weighted by Gasteiger charge is -2.17. The summed E-state index contributed by atoms with van der Waals surface area (Å²) in [6.07, 6.45) is 0.791. The first-order chi connectivity index (χ1) is 16.8. The van der Waals surface area contributed by atoms with E-state index in [1.54, 1.807) is 48.5 Å². The number of hydrogen-bond donors (Lipinski definition) is 1. The highest BCUT2D eigenvalue weighted by Gasteiger charge is 2.42. The zero-order chi connectivity index (χ0) is 25.2. The Hall–Kier alpha value is -3.91. The molecule has 0 saturated heterocycles. The van der Waals surface area contributed by atoms with Gasteiger partial charge in [0.25, 0.3) is 21.8 Å². The van der Waals surface area contributed by atoms with Crippen LogP contribution in [0.1, 0.15) is 40.9 Å². The number of para-hydroxylation sites is 1. The zero-order valence-electron chi connectivity index (χ0n) is 19.7. The number of anilines is 1. The van der Waals surface area contributed by atoms with Crippen LogP contribution in [0.3, 0.4) is 0 Å². The lowest BCUT2D eigenvalue weighted by molar-refractivity contribution is -0.122. The second-order valence-electron chi connectivity index (χ2n) is 8.16. The number of aryl methyl sites for hydroxylation is 1. The summed E-state index contributed by atoms with van der Waals surface area (Å²) in [5.41, 5.74) is 3.41. The summed E-state index contributed by atoms with van der Waals surface area (Å²) in [5.74, 6) is -0.233. The number of methoxy groups -OCH3 is 1. The van der Waals surface area contributed by atoms with Crippen molar-refractivity contribution < 1.29 is 22.7 Å². The predicted octanol–water partition coefficient (Wildman–Crippen LogP) is 4.61. The van der Waals surface area contributed by atoms with Crippen molar-refractivity contribution in [2.24, 2.45) is 0 Å². The number of carbonyl (C=O) groups is 2. The Kier molecular flexibility index (Phi) is 6.75. The van der Waals surface area contributed by atoms with Gasteiger partial charge in [0.05, 0.1) is 13.7 Å². The Labute approximate surface area is 205 Å². The van der Waals surface area contributed by atoms with E-state index in [0.29, 0.717) is 22.4 Å². The fourth-order valence-electron chi connectivity index (χ4n) is 4.03. The number of benzene rings is 3. The molecule has 0 aromatic heterocycles. The maximum absolute atomic E-state index is 13.3. The van der Waals surface area contributed by atoms with E-state index in [4.69, 9.17) is 4.74 Å². The molecule has 1 aliphatic heterocycles. The highest BCUT2D eigenvalue weighted by atomic mass is 32.2. The molecule has 0 bridgehead atoms. The predicted molar refractivity (Wildman–Crippen MR) is 135 cm³/mol. The molecule has 0 fully saturated rings. The molecule has 1 heterocycles. The van der Waals surface area contributed by atoms with Crippen LogP contribution in [0.4, 0.5) is 5.69 Å². The molecule has 0 unspecified atom stereocenters. The molecular weight excluding hydrogens is 464 g/mol. The molecular formula is C27H26N2O5S. The molecule has 4 rings (SSSR count). The van der Waals surface area contributed by atoms with E-state index in [0.717, 1.165) is 22.0 Å². The highest BCUT2D eigenvalue weighted by Crippen LogP contribution is 2.37. The van der Waals surface area contributed by atoms with Gasteiger partial charge in [-0.1, -0.05) is 37.3 Å². The smallest absolute Gasteiger partial charge is 0.268 e. The molecule has 0 aliphatic carbocycles. The van der Waals surface area contributed by atoms with Crippen LogP contribution in [0.25, 0.3) is 4.91 Å². The minimum atomic E-state index is -4.03. The highest BCUT2D eigenvalue weighted by molar-refractivity contribution is 7.99. The summed E-state index contributed by atoms with van der Waals surface area (Å²) in [7, 11) is -2.50. The van der Waals surface area contributed by atoms with Crippen molar-refractivity contribution >= 4 is 32.4 Å². The van der Waals surface area contributed by atoms with Crippen molar-refractivity contribution in [3.63, 3.8) is 0 Å². The average molecular weight is 491 g/mol. The van der Waals surface area contributed by atoms with E-state index in [1.807, 2.05) is 31.2 Å². The van der Waals surface area contributed by atoms with Crippen LogP contribution in [-0.4, -0.2) is 31.6 Å². The van der Waals surface area contributed by atoms with Crippen LogP contribution in [0, 0.1) is 0 Å². The van der Waals surface area contributed by atoms with Crippen LogP contribution >= 0.6 is 0 Å². The van der Waals surface area contributed by atoms with Gasteiger partial charge in [-0.15, -0.1) is 0 Å². The third-order valence-corrected chi connectivity index (χ3v) is 7.91. The number of sulfonamides is 1. The Morgan fingerprint density at radius 3 is 2.26 bits per heavy atom. The fourth-order valence-corrected chi connectivity index (χ4v) is 5.84. The minimum absolute atomic E-state index is 0.00394. The molecule has 0 atom stereocenters. The summed E-state index contributed by atoms with van der Waals surface area (Å²) < 4.78 is 32.5. The average Bonchev–Trinajstić information content (AvgIpc) is 3.03. The largest absolute Gasteiger partial charge is 0.497 e. The molecule has 3 aromatic rings. The van der Waals surface area contributed by atoms with Crippen LogP contribution < -0.4 is 10.1 Å². The Morgan fingerprint density at radius 1 is 0.971 bits per heavy atom. The molecule has 2 amide bonds. The maximum Gasteiger partial charge on any atom is 0.268 e. The minimum Gasteiger partial charge on any atom is -0.497 e. The van der Waals surface area contributed by atoms with Crippen molar-refractivity contribution in [1.82, 2.24) is 4.31 Å². The van der Waals surface area contributed by atoms with E-state index < -0.39 is 15.9 Å². The fraction of sp³-hybridized carbons (Fsp3) is 0.185. The summed E-state index contributed by atoms with van der Waals surface area (Å²) >= 11 is 0. The molecule has 3 aromatic carbocycles. The van der Waals surface area contributed by atoms with Gasteiger partial charge in [0.15, 0.2) is 0 Å². The molecule has 0 radical (unpaired) electrons. The Balaban J connectivity index is 1.51. The van der Waals surface area contributed by atoms with Crippen molar-refractivity contribution in [3.8, 4) is 5.75 Å². The first-order valence-corrected chi connectivity index (χ1v) is 12.6. The summed E-state index contributed by atoms with van der Waals surface area (Å²) in [6, 6.07) is 20.7. The van der Waals surface area contributed by atoms with Crippen molar-refractivity contribution in [3.05, 3.63) is 101 Å². The van der Waals surface area contributed by atoms with Crippen molar-refractivity contribution in [2.75, 3.05) is 12.4 Å². The molecule has 7 nitrogen and oxygen atoms in total. The first-order valence-electron chi connectivity index (χ1n) is 11.2. The third kappa shape index (κ3) is 4.70. The van der Waals surface area contributed by atoms with Gasteiger partial charge in [0.2, 0.25) is 0 Å². The number of nitrogens with one attached hydrogen (secondary N) is 1. The van der Waals surface area contributed by atoms with Gasteiger partial charge in [-0.3, -0.25) is 9.59 Å². The van der Waals surface area contributed by atoms with Gasteiger partial charge in [0, 0.05) is 16.8 Å². The third-order valence-electron chi connectivity index (χ3n) is 5.98. The van der Waals surface area contributed by atoms with E-state index in [-0.39, 0.29) is 22.9 Å². The molecule has 1 N–H and O–H groups in total. The molecule has 1 aliphatic rings. The zero-order valence-corrected chi connectivity index (χ0v) is 20.6. The molecule has 8 heteroatoms. The van der Waals surface area contributed by atoms with Crippen LogP contribution in [0.2, 0.25) is 0 Å². The van der Waals surface area contributed by atoms with Gasteiger partial charge in [-0.2, -0.15) is 0 Å². The number of nitrogens with zero attached hydrogens (tertiary/aromatic N) is 1. The molecule has 180 valence electrons. The van der Waals surface area contributed by atoms with Gasteiger partial charge >= 0.3 is 0 Å². The standard InChI is InChI=1S/C27H26N2O5S/c1-4-20-7-5-6-8-24(20)28-26(30)22-11-9-19(10-12-22)17-29-27(31)18(2)25(35(29,32)33)21-13-15-23(34-3)16-14-21/h5-16H,4,17H2,1-3H3,(H,28,30). The normalized spacial score (nSPS) is 14.8. The second kappa shape index (κ2) is 9.76. The quantitative estimate of drug-likeness (QED) is 0.522. The van der Waals surface area contributed by atoms with E-state index in [9.17, 15) is 18.0 Å². The topological polar surface area (TPSA) is 92.8 Å². The lowest BCUT2D eigenvalue weighted by atomic mass is 10.1. The SMILES string of the molecule is CCc1ccccc1NC(=O)c1ccc(CN2C(=O)C(C)=C(c3ccc(OC)cc3)S2(=O)=O)cc1. The number of carbonyl (C=O) groups excluding carboxylic acids is 2. The van der Waals surface area contributed by atoms with Crippen LogP contribution in [0.15, 0.2) is 78.4 Å². The van der Waals surface area contributed by atoms with Crippen molar-refractivity contribution in [2.45, 2.75) is 26.8 Å². The second-order valence-corrected chi connectivity index (χ2v) is 9.96. The van der Waals surface area contributed by atoms with Gasteiger partial charge in [0.1, 0.15) is 10.7 Å². The monoisotopic (exact) mass is 490 g/mol. The first kappa shape index (κ1) is 24.2. The number of amides is 2. The molecule has 35 heavy (non-hydrogen) atoms. The summed E-state index contributed by atoms with van der Waals surface area (Å²) in [6.45, 7) is 3.41. The van der Waals surface area contributed by atoms with Crippen molar-refractivity contribution in [1.29, 1.82) is 0 Å². The van der Waals surface area contributed by atoms with E-state index in [1.165, 1.54) is 14.0 Å². The lowest BCUT2D eigenvalue weighted by Crippen LogP contribution is -2.30. The molecule has 0 saturated carbocycles. The summed E-state index contributed by atoms with van der Waals surface area (Å²) in [4.78, 5) is 25.6. The summed E-state index contributed by atoms with van der Waals surface area (Å²) in [5, 5.41) is 2.91. The van der Waals surface area contributed by atoms with Gasteiger partial charge < -0.3 is 10.1 Å².